The molecule has 0 radical (unpaired) electrons. The number of aryl methyl sites for hydroxylation is 1. The minimum absolute atomic E-state index is 0.269. The van der Waals surface area contributed by atoms with Gasteiger partial charge in [0.25, 0.3) is 0 Å². The molecule has 0 saturated carbocycles. The standard InChI is InChI=1S/C13H11FN2/c1-10-2-6-12(7-3-10)15-16-13-8-4-11(14)5-9-13/h2-9H,1H3. The smallest absolute Gasteiger partial charge is 0.123 e. The first-order valence-corrected chi connectivity index (χ1v) is 4.98. The topological polar surface area (TPSA) is 24.7 Å². The van der Waals surface area contributed by atoms with Gasteiger partial charge in [-0.2, -0.15) is 10.2 Å². The summed E-state index contributed by atoms with van der Waals surface area (Å²) in [5.74, 6) is -0.269. The second kappa shape index (κ2) is 4.66. The molecule has 2 rings (SSSR count). The van der Waals surface area contributed by atoms with Crippen molar-refractivity contribution in [2.75, 3.05) is 0 Å². The van der Waals surface area contributed by atoms with Crippen molar-refractivity contribution in [2.24, 2.45) is 10.2 Å². The molecule has 0 atom stereocenters. The van der Waals surface area contributed by atoms with Crippen molar-refractivity contribution >= 4 is 11.4 Å². The van der Waals surface area contributed by atoms with Crippen LogP contribution in [0, 0.1) is 12.7 Å². The van der Waals surface area contributed by atoms with Gasteiger partial charge in [-0.05, 0) is 43.3 Å². The van der Waals surface area contributed by atoms with Gasteiger partial charge in [0.2, 0.25) is 0 Å². The number of hydrogen-bond acceptors (Lipinski definition) is 2. The highest BCUT2D eigenvalue weighted by atomic mass is 19.1. The van der Waals surface area contributed by atoms with E-state index in [9.17, 15) is 4.39 Å². The lowest BCUT2D eigenvalue weighted by atomic mass is 10.2. The molecule has 0 aliphatic heterocycles. The molecular formula is C13H11FN2. The Balaban J connectivity index is 2.15. The van der Waals surface area contributed by atoms with Crippen molar-refractivity contribution in [1.82, 2.24) is 0 Å². The first-order valence-electron chi connectivity index (χ1n) is 4.98. The van der Waals surface area contributed by atoms with E-state index in [0.29, 0.717) is 5.69 Å². The predicted octanol–water partition coefficient (Wildman–Crippen LogP) is 4.55. The molecule has 16 heavy (non-hydrogen) atoms. The van der Waals surface area contributed by atoms with Gasteiger partial charge in [-0.1, -0.05) is 17.7 Å². The van der Waals surface area contributed by atoms with Gasteiger partial charge in [0.05, 0.1) is 11.4 Å². The molecule has 0 amide bonds. The fraction of sp³-hybridized carbons (Fsp3) is 0.0769. The second-order valence-electron chi connectivity index (χ2n) is 3.51. The van der Waals surface area contributed by atoms with E-state index >= 15 is 0 Å². The molecule has 0 saturated heterocycles. The SMILES string of the molecule is Cc1ccc(N=Nc2ccc(F)cc2)cc1. The molecule has 2 aromatic carbocycles. The normalized spacial score (nSPS) is 10.9. The maximum Gasteiger partial charge on any atom is 0.123 e. The van der Waals surface area contributed by atoms with Crippen molar-refractivity contribution in [1.29, 1.82) is 0 Å². The van der Waals surface area contributed by atoms with Crippen LogP contribution in [0.5, 0.6) is 0 Å². The summed E-state index contributed by atoms with van der Waals surface area (Å²) in [6.45, 7) is 2.01. The second-order valence-corrected chi connectivity index (χ2v) is 3.51. The fourth-order valence-electron chi connectivity index (χ4n) is 1.23. The average molecular weight is 214 g/mol. The van der Waals surface area contributed by atoms with E-state index in [-0.39, 0.29) is 5.82 Å². The summed E-state index contributed by atoms with van der Waals surface area (Å²) in [4.78, 5) is 0. The van der Waals surface area contributed by atoms with E-state index in [1.807, 2.05) is 31.2 Å². The van der Waals surface area contributed by atoms with Gasteiger partial charge in [-0.15, -0.1) is 0 Å². The molecule has 0 N–H and O–H groups in total. The Hall–Kier alpha value is -2.03. The summed E-state index contributed by atoms with van der Waals surface area (Å²) < 4.78 is 12.6. The quantitative estimate of drug-likeness (QED) is 0.655. The fourth-order valence-corrected chi connectivity index (χ4v) is 1.23. The molecule has 0 heterocycles. The molecule has 0 fully saturated rings. The van der Waals surface area contributed by atoms with E-state index in [0.717, 1.165) is 5.69 Å². The maximum absolute atomic E-state index is 12.6. The minimum Gasteiger partial charge on any atom is -0.207 e. The van der Waals surface area contributed by atoms with E-state index in [1.165, 1.54) is 17.7 Å². The summed E-state index contributed by atoms with van der Waals surface area (Å²) in [7, 11) is 0. The Morgan fingerprint density at radius 3 is 1.69 bits per heavy atom. The Morgan fingerprint density at radius 2 is 1.19 bits per heavy atom. The maximum atomic E-state index is 12.6. The lowest BCUT2D eigenvalue weighted by Gasteiger charge is -1.94. The summed E-state index contributed by atoms with van der Waals surface area (Å²) in [6, 6.07) is 13.6. The molecular weight excluding hydrogens is 203 g/mol. The van der Waals surface area contributed by atoms with Crippen molar-refractivity contribution in [3.63, 3.8) is 0 Å². The van der Waals surface area contributed by atoms with Gasteiger partial charge in [0.1, 0.15) is 5.82 Å². The minimum atomic E-state index is -0.269. The van der Waals surface area contributed by atoms with E-state index < -0.39 is 0 Å². The van der Waals surface area contributed by atoms with Gasteiger partial charge in [0.15, 0.2) is 0 Å². The highest BCUT2D eigenvalue weighted by Crippen LogP contribution is 2.18. The Labute approximate surface area is 93.5 Å². The first kappa shape index (κ1) is 10.5. The van der Waals surface area contributed by atoms with Crippen LogP contribution in [-0.2, 0) is 0 Å². The summed E-state index contributed by atoms with van der Waals surface area (Å²) in [5, 5.41) is 8.06. The third kappa shape index (κ3) is 2.73. The number of hydrogen-bond donors (Lipinski definition) is 0. The monoisotopic (exact) mass is 214 g/mol. The lowest BCUT2D eigenvalue weighted by molar-refractivity contribution is 0.628. The molecule has 0 aliphatic rings. The number of nitrogens with zero attached hydrogens (tertiary/aromatic N) is 2. The van der Waals surface area contributed by atoms with E-state index in [2.05, 4.69) is 10.2 Å². The highest BCUT2D eigenvalue weighted by molar-refractivity contribution is 5.40. The molecule has 0 bridgehead atoms. The summed E-state index contributed by atoms with van der Waals surface area (Å²) in [6.07, 6.45) is 0. The number of azo groups is 1. The predicted molar refractivity (Wildman–Crippen MR) is 61.8 cm³/mol. The zero-order valence-electron chi connectivity index (χ0n) is 8.89. The van der Waals surface area contributed by atoms with Gasteiger partial charge in [0, 0.05) is 0 Å². The van der Waals surface area contributed by atoms with Crippen LogP contribution in [-0.4, -0.2) is 0 Å². The van der Waals surface area contributed by atoms with Gasteiger partial charge in [-0.3, -0.25) is 0 Å². The van der Waals surface area contributed by atoms with Crippen molar-refractivity contribution in [3.8, 4) is 0 Å². The zero-order chi connectivity index (χ0) is 11.4. The molecule has 2 nitrogen and oxygen atoms in total. The molecule has 0 aromatic heterocycles. The van der Waals surface area contributed by atoms with Crippen LogP contribution in [0.15, 0.2) is 58.8 Å². The van der Waals surface area contributed by atoms with Gasteiger partial charge >= 0.3 is 0 Å². The van der Waals surface area contributed by atoms with Crippen molar-refractivity contribution in [2.45, 2.75) is 6.92 Å². The molecule has 80 valence electrons. The van der Waals surface area contributed by atoms with Gasteiger partial charge < -0.3 is 0 Å². The van der Waals surface area contributed by atoms with Crippen molar-refractivity contribution < 1.29 is 4.39 Å². The summed E-state index contributed by atoms with van der Waals surface area (Å²) in [5.41, 5.74) is 2.61. The summed E-state index contributed by atoms with van der Waals surface area (Å²) >= 11 is 0. The van der Waals surface area contributed by atoms with Crippen LogP contribution >= 0.6 is 0 Å². The molecule has 0 unspecified atom stereocenters. The average Bonchev–Trinajstić information content (AvgIpc) is 2.30. The van der Waals surface area contributed by atoms with Crippen LogP contribution < -0.4 is 0 Å². The van der Waals surface area contributed by atoms with Crippen LogP contribution in [0.1, 0.15) is 5.56 Å². The van der Waals surface area contributed by atoms with Crippen LogP contribution in [0.4, 0.5) is 15.8 Å². The third-order valence-corrected chi connectivity index (χ3v) is 2.14. The number of benzene rings is 2. The number of halogens is 1. The molecule has 3 heteroatoms. The lowest BCUT2D eigenvalue weighted by Crippen LogP contribution is -1.70. The van der Waals surface area contributed by atoms with E-state index in [4.69, 9.17) is 0 Å². The van der Waals surface area contributed by atoms with Crippen LogP contribution in [0.3, 0.4) is 0 Å². The Kier molecular flexibility index (Phi) is 3.05. The van der Waals surface area contributed by atoms with E-state index in [1.54, 1.807) is 12.1 Å². The Morgan fingerprint density at radius 1 is 0.750 bits per heavy atom. The largest absolute Gasteiger partial charge is 0.207 e. The molecule has 0 aliphatic carbocycles. The highest BCUT2D eigenvalue weighted by Gasteiger charge is 1.91. The molecule has 0 spiro atoms. The van der Waals surface area contributed by atoms with Crippen LogP contribution in [0.25, 0.3) is 0 Å². The third-order valence-electron chi connectivity index (χ3n) is 2.14. The van der Waals surface area contributed by atoms with Gasteiger partial charge in [-0.25, -0.2) is 4.39 Å². The molecule has 2 aromatic rings. The number of rotatable bonds is 2. The zero-order valence-corrected chi connectivity index (χ0v) is 8.89. The van der Waals surface area contributed by atoms with Crippen LogP contribution in [0.2, 0.25) is 0 Å². The van der Waals surface area contributed by atoms with Crippen molar-refractivity contribution in [3.05, 3.63) is 59.9 Å². The first-order chi connectivity index (χ1) is 7.74. The Bertz CT molecular complexity index is 439.